The molecule has 0 bridgehead atoms. The predicted molar refractivity (Wildman–Crippen MR) is 71.6 cm³/mol. The smallest absolute Gasteiger partial charge is 0.366 e. The van der Waals surface area contributed by atoms with Crippen LogP contribution in [0, 0.1) is 0 Å². The van der Waals surface area contributed by atoms with E-state index in [0.717, 1.165) is 0 Å². The van der Waals surface area contributed by atoms with Crippen LogP contribution >= 0.6 is 0 Å². The van der Waals surface area contributed by atoms with E-state index in [-0.39, 0.29) is 6.61 Å². The SMILES string of the molecule is NC(=O)c1ccccc1COOC(=O)c1ccccc1. The fraction of sp³-hybridized carbons (Fsp3) is 0.0667. The van der Waals surface area contributed by atoms with Crippen LogP contribution in [-0.4, -0.2) is 11.9 Å². The van der Waals surface area contributed by atoms with Crippen molar-refractivity contribution in [1.29, 1.82) is 0 Å². The van der Waals surface area contributed by atoms with Crippen molar-refractivity contribution in [3.63, 3.8) is 0 Å². The fourth-order valence-electron chi connectivity index (χ4n) is 1.66. The Hall–Kier alpha value is -2.66. The summed E-state index contributed by atoms with van der Waals surface area (Å²) < 4.78 is 0. The topological polar surface area (TPSA) is 78.6 Å². The maximum atomic E-state index is 11.6. The highest BCUT2D eigenvalue weighted by molar-refractivity contribution is 5.94. The summed E-state index contributed by atoms with van der Waals surface area (Å²) in [7, 11) is 0. The normalized spacial score (nSPS) is 10.0. The lowest BCUT2D eigenvalue weighted by atomic mass is 10.1. The van der Waals surface area contributed by atoms with Gasteiger partial charge in [0.25, 0.3) is 0 Å². The van der Waals surface area contributed by atoms with E-state index in [1.54, 1.807) is 54.6 Å². The van der Waals surface area contributed by atoms with Gasteiger partial charge < -0.3 is 5.73 Å². The summed E-state index contributed by atoms with van der Waals surface area (Å²) in [5, 5.41) is 0. The number of nitrogens with two attached hydrogens (primary N) is 1. The molecular formula is C15H13NO4. The van der Waals surface area contributed by atoms with E-state index in [4.69, 9.17) is 10.6 Å². The van der Waals surface area contributed by atoms with E-state index < -0.39 is 11.9 Å². The van der Waals surface area contributed by atoms with E-state index >= 15 is 0 Å². The van der Waals surface area contributed by atoms with Crippen LogP contribution in [0.5, 0.6) is 0 Å². The zero-order valence-electron chi connectivity index (χ0n) is 10.6. The minimum atomic E-state index is -0.595. The summed E-state index contributed by atoms with van der Waals surface area (Å²) in [6.45, 7) is -0.0440. The molecule has 0 unspecified atom stereocenters. The average Bonchev–Trinajstić information content (AvgIpc) is 2.48. The second-order valence-electron chi connectivity index (χ2n) is 4.02. The maximum Gasteiger partial charge on any atom is 0.373 e. The van der Waals surface area contributed by atoms with Crippen LogP contribution in [-0.2, 0) is 16.4 Å². The number of rotatable bonds is 5. The van der Waals surface area contributed by atoms with Crippen molar-refractivity contribution >= 4 is 11.9 Å². The summed E-state index contributed by atoms with van der Waals surface area (Å²) in [5.41, 5.74) is 6.51. The first-order valence-electron chi connectivity index (χ1n) is 5.95. The van der Waals surface area contributed by atoms with Crippen LogP contribution in [0.3, 0.4) is 0 Å². The number of amides is 1. The molecule has 0 atom stereocenters. The minimum Gasteiger partial charge on any atom is -0.366 e. The third-order valence-electron chi connectivity index (χ3n) is 2.64. The van der Waals surface area contributed by atoms with Gasteiger partial charge in [-0.25, -0.2) is 4.79 Å². The molecule has 0 aliphatic carbocycles. The molecule has 0 heterocycles. The first-order chi connectivity index (χ1) is 9.68. The second kappa shape index (κ2) is 6.49. The Morgan fingerprint density at radius 2 is 1.60 bits per heavy atom. The van der Waals surface area contributed by atoms with Crippen molar-refractivity contribution in [3.8, 4) is 0 Å². The monoisotopic (exact) mass is 271 g/mol. The van der Waals surface area contributed by atoms with Crippen LogP contribution in [0.25, 0.3) is 0 Å². The van der Waals surface area contributed by atoms with Crippen molar-refractivity contribution in [2.75, 3.05) is 0 Å². The number of primary amides is 1. The van der Waals surface area contributed by atoms with Crippen LogP contribution < -0.4 is 5.73 Å². The molecule has 0 spiro atoms. The summed E-state index contributed by atoms with van der Waals surface area (Å²) in [4.78, 5) is 32.4. The Bertz CT molecular complexity index is 610. The number of hydrogen-bond donors (Lipinski definition) is 1. The van der Waals surface area contributed by atoms with Gasteiger partial charge in [0.05, 0.1) is 5.56 Å². The highest BCUT2D eigenvalue weighted by atomic mass is 17.2. The zero-order chi connectivity index (χ0) is 14.4. The van der Waals surface area contributed by atoms with Gasteiger partial charge in [-0.15, -0.1) is 0 Å². The van der Waals surface area contributed by atoms with E-state index in [2.05, 4.69) is 4.89 Å². The van der Waals surface area contributed by atoms with Crippen molar-refractivity contribution in [2.24, 2.45) is 5.73 Å². The third-order valence-corrected chi connectivity index (χ3v) is 2.64. The van der Waals surface area contributed by atoms with Gasteiger partial charge in [-0.05, 0) is 23.8 Å². The molecule has 0 aliphatic heterocycles. The lowest BCUT2D eigenvalue weighted by Crippen LogP contribution is -2.14. The molecule has 0 saturated carbocycles. The number of hydrogen-bond acceptors (Lipinski definition) is 4. The molecule has 0 saturated heterocycles. The van der Waals surface area contributed by atoms with Gasteiger partial charge in [0.1, 0.15) is 6.61 Å². The van der Waals surface area contributed by atoms with Gasteiger partial charge >= 0.3 is 5.97 Å². The Kier molecular flexibility index (Phi) is 4.47. The Balaban J connectivity index is 1.94. The predicted octanol–water partition coefficient (Wildman–Crippen LogP) is 2.07. The first-order valence-corrected chi connectivity index (χ1v) is 5.95. The summed E-state index contributed by atoms with van der Waals surface area (Å²) in [5.74, 6) is -1.15. The van der Waals surface area contributed by atoms with Gasteiger partial charge in [0.15, 0.2) is 0 Å². The zero-order valence-corrected chi connectivity index (χ0v) is 10.6. The number of carbonyl (C=O) groups is 2. The molecule has 5 nitrogen and oxygen atoms in total. The highest BCUT2D eigenvalue weighted by Gasteiger charge is 2.10. The van der Waals surface area contributed by atoms with E-state index in [0.29, 0.717) is 16.7 Å². The lowest BCUT2D eigenvalue weighted by molar-refractivity contribution is -0.250. The standard InChI is InChI=1S/C15H13NO4/c16-14(17)13-9-5-4-8-12(13)10-19-20-15(18)11-6-2-1-3-7-11/h1-9H,10H2,(H2,16,17). The van der Waals surface area contributed by atoms with Crippen LogP contribution in [0.1, 0.15) is 26.3 Å². The molecule has 1 amide bonds. The summed E-state index contributed by atoms with van der Waals surface area (Å²) in [6, 6.07) is 15.2. The van der Waals surface area contributed by atoms with Gasteiger partial charge in [0.2, 0.25) is 5.91 Å². The quantitative estimate of drug-likeness (QED) is 0.667. The van der Waals surface area contributed by atoms with Crippen molar-refractivity contribution in [2.45, 2.75) is 6.61 Å². The van der Waals surface area contributed by atoms with Gasteiger partial charge in [0, 0.05) is 5.56 Å². The molecule has 0 fully saturated rings. The minimum absolute atomic E-state index is 0.0440. The molecule has 5 heteroatoms. The van der Waals surface area contributed by atoms with E-state index in [9.17, 15) is 9.59 Å². The highest BCUT2D eigenvalue weighted by Crippen LogP contribution is 2.10. The Morgan fingerprint density at radius 1 is 0.950 bits per heavy atom. The van der Waals surface area contributed by atoms with Crippen molar-refractivity contribution < 1.29 is 19.4 Å². The average molecular weight is 271 g/mol. The maximum absolute atomic E-state index is 11.6. The van der Waals surface area contributed by atoms with Crippen LogP contribution in [0.2, 0.25) is 0 Å². The molecular weight excluding hydrogens is 258 g/mol. The summed E-state index contributed by atoms with van der Waals surface area (Å²) in [6.07, 6.45) is 0. The van der Waals surface area contributed by atoms with E-state index in [1.165, 1.54) is 0 Å². The molecule has 2 N–H and O–H groups in total. The second-order valence-corrected chi connectivity index (χ2v) is 4.02. The molecule has 0 aromatic heterocycles. The fourth-order valence-corrected chi connectivity index (χ4v) is 1.66. The van der Waals surface area contributed by atoms with Crippen LogP contribution in [0.15, 0.2) is 54.6 Å². The van der Waals surface area contributed by atoms with Crippen LogP contribution in [0.4, 0.5) is 0 Å². The molecule has 0 radical (unpaired) electrons. The Morgan fingerprint density at radius 3 is 2.30 bits per heavy atom. The largest absolute Gasteiger partial charge is 0.373 e. The molecule has 2 aromatic rings. The molecule has 102 valence electrons. The Labute approximate surface area is 115 Å². The first kappa shape index (κ1) is 13.8. The lowest BCUT2D eigenvalue weighted by Gasteiger charge is -2.06. The van der Waals surface area contributed by atoms with E-state index in [1.807, 2.05) is 0 Å². The van der Waals surface area contributed by atoms with Crippen molar-refractivity contribution in [3.05, 3.63) is 71.3 Å². The van der Waals surface area contributed by atoms with Crippen molar-refractivity contribution in [1.82, 2.24) is 0 Å². The molecule has 20 heavy (non-hydrogen) atoms. The van der Waals surface area contributed by atoms with Gasteiger partial charge in [-0.1, -0.05) is 36.4 Å². The molecule has 0 aliphatic rings. The summed E-state index contributed by atoms with van der Waals surface area (Å²) >= 11 is 0. The number of benzene rings is 2. The molecule has 2 rings (SSSR count). The molecule has 2 aromatic carbocycles. The van der Waals surface area contributed by atoms with Gasteiger partial charge in [-0.3, -0.25) is 9.68 Å². The van der Waals surface area contributed by atoms with Gasteiger partial charge in [-0.2, -0.15) is 4.89 Å². The third kappa shape index (κ3) is 3.43. The number of carbonyl (C=O) groups excluding carboxylic acids is 2.